The maximum absolute atomic E-state index is 12.0. The highest BCUT2D eigenvalue weighted by molar-refractivity contribution is 9.08. The number of alkyl halides is 1. The van der Waals surface area contributed by atoms with Crippen molar-refractivity contribution in [2.75, 3.05) is 6.17 Å². The number of hydrogen-bond acceptors (Lipinski definition) is 1. The van der Waals surface area contributed by atoms with Crippen molar-refractivity contribution in [3.63, 3.8) is 0 Å². The van der Waals surface area contributed by atoms with E-state index < -0.39 is 8.07 Å². The minimum Gasteiger partial charge on any atom is -0.355 e. The van der Waals surface area contributed by atoms with Crippen LogP contribution in [0.3, 0.4) is 0 Å². The first kappa shape index (κ1) is 13.5. The zero-order valence-electron chi connectivity index (χ0n) is 10.0. The maximum Gasteiger partial charge on any atom is 0.251 e. The Bertz CT molecular complexity index is 374. The number of benzene rings is 1. The molecule has 16 heavy (non-hydrogen) atoms. The summed E-state index contributed by atoms with van der Waals surface area (Å²) in [7, 11) is -1.22. The van der Waals surface area contributed by atoms with Crippen molar-refractivity contribution >= 4 is 29.9 Å². The lowest BCUT2D eigenvalue weighted by molar-refractivity contribution is 0.0959. The average Bonchev–Trinajstić information content (AvgIpc) is 2.25. The first-order valence-corrected chi connectivity index (χ1v) is 10.2. The van der Waals surface area contributed by atoms with E-state index in [2.05, 4.69) is 40.9 Å². The van der Waals surface area contributed by atoms with Crippen LogP contribution in [0.1, 0.15) is 15.9 Å². The summed E-state index contributed by atoms with van der Waals surface area (Å²) < 4.78 is 0. The van der Waals surface area contributed by atoms with Gasteiger partial charge in [0.1, 0.15) is 0 Å². The number of hydrogen-bond donors (Lipinski definition) is 1. The molecular weight excluding hydrogens is 282 g/mol. The highest BCUT2D eigenvalue weighted by Gasteiger charge is 2.16. The number of carbonyl (C=O) groups excluding carboxylic acids is 1. The lowest BCUT2D eigenvalue weighted by atomic mass is 10.1. The highest BCUT2D eigenvalue weighted by Crippen LogP contribution is 2.12. The zero-order valence-corrected chi connectivity index (χ0v) is 12.6. The van der Waals surface area contributed by atoms with Crippen molar-refractivity contribution < 1.29 is 4.79 Å². The summed E-state index contributed by atoms with van der Waals surface area (Å²) in [6.45, 7) is 6.72. The summed E-state index contributed by atoms with van der Waals surface area (Å²) in [5, 5.41) is 3.73. The SMILES string of the molecule is C[Si](C)(C)CNC(=O)c1ccccc1CBr. The van der Waals surface area contributed by atoms with Gasteiger partial charge in [0.15, 0.2) is 0 Å². The average molecular weight is 300 g/mol. The lowest BCUT2D eigenvalue weighted by Crippen LogP contribution is -2.40. The summed E-state index contributed by atoms with van der Waals surface area (Å²) in [4.78, 5) is 12.0. The van der Waals surface area contributed by atoms with Gasteiger partial charge in [-0.3, -0.25) is 4.79 Å². The van der Waals surface area contributed by atoms with Crippen molar-refractivity contribution in [1.29, 1.82) is 0 Å². The van der Waals surface area contributed by atoms with Gasteiger partial charge in [-0.05, 0) is 11.6 Å². The second kappa shape index (κ2) is 5.64. The maximum atomic E-state index is 12.0. The molecule has 0 saturated carbocycles. The highest BCUT2D eigenvalue weighted by atomic mass is 79.9. The quantitative estimate of drug-likeness (QED) is 0.671. The van der Waals surface area contributed by atoms with E-state index in [1.165, 1.54) is 0 Å². The molecule has 1 aromatic carbocycles. The second-order valence-electron chi connectivity index (χ2n) is 5.03. The molecule has 0 aliphatic heterocycles. The number of nitrogens with one attached hydrogen (secondary N) is 1. The molecule has 0 aromatic heterocycles. The fourth-order valence-corrected chi connectivity index (χ4v) is 2.48. The molecule has 2 nitrogen and oxygen atoms in total. The molecule has 0 unspecified atom stereocenters. The molecule has 0 aliphatic carbocycles. The molecule has 4 heteroatoms. The fraction of sp³-hybridized carbons (Fsp3) is 0.417. The molecule has 0 radical (unpaired) electrons. The van der Waals surface area contributed by atoms with Crippen LogP contribution in [-0.2, 0) is 5.33 Å². The first-order chi connectivity index (χ1) is 7.44. The van der Waals surface area contributed by atoms with E-state index in [0.717, 1.165) is 17.3 Å². The Morgan fingerprint density at radius 2 is 1.94 bits per heavy atom. The molecule has 0 bridgehead atoms. The molecule has 0 heterocycles. The molecule has 1 rings (SSSR count). The topological polar surface area (TPSA) is 29.1 Å². The lowest BCUT2D eigenvalue weighted by Gasteiger charge is -2.17. The summed E-state index contributed by atoms with van der Waals surface area (Å²) in [6, 6.07) is 7.69. The van der Waals surface area contributed by atoms with Gasteiger partial charge in [-0.15, -0.1) is 0 Å². The van der Waals surface area contributed by atoms with Crippen LogP contribution in [0.4, 0.5) is 0 Å². The summed E-state index contributed by atoms with van der Waals surface area (Å²) in [6.07, 6.45) is 0.822. The van der Waals surface area contributed by atoms with Gasteiger partial charge in [0, 0.05) is 17.1 Å². The van der Waals surface area contributed by atoms with E-state index in [9.17, 15) is 4.79 Å². The summed E-state index contributed by atoms with van der Waals surface area (Å²) in [5.74, 6) is 0.0393. The second-order valence-corrected chi connectivity index (χ2v) is 11.1. The van der Waals surface area contributed by atoms with Crippen LogP contribution in [0.15, 0.2) is 24.3 Å². The van der Waals surface area contributed by atoms with E-state index in [1.54, 1.807) is 0 Å². The summed E-state index contributed by atoms with van der Waals surface area (Å²) in [5.41, 5.74) is 1.81. The Labute approximate surface area is 107 Å². The molecule has 1 aromatic rings. The van der Waals surface area contributed by atoms with Gasteiger partial charge < -0.3 is 5.32 Å². The smallest absolute Gasteiger partial charge is 0.251 e. The zero-order chi connectivity index (χ0) is 12.2. The molecule has 88 valence electrons. The monoisotopic (exact) mass is 299 g/mol. The normalized spacial score (nSPS) is 11.2. The number of halogens is 1. The fourth-order valence-electron chi connectivity index (χ4n) is 1.30. The Morgan fingerprint density at radius 3 is 2.50 bits per heavy atom. The Balaban J connectivity index is 2.73. The molecule has 0 atom stereocenters. The largest absolute Gasteiger partial charge is 0.355 e. The molecule has 0 aliphatic rings. The Hall–Kier alpha value is -0.613. The predicted molar refractivity (Wildman–Crippen MR) is 74.8 cm³/mol. The number of rotatable bonds is 4. The third kappa shape index (κ3) is 4.10. The third-order valence-electron chi connectivity index (χ3n) is 2.19. The minimum atomic E-state index is -1.22. The van der Waals surface area contributed by atoms with Crippen molar-refractivity contribution in [2.45, 2.75) is 25.0 Å². The van der Waals surface area contributed by atoms with Gasteiger partial charge in [-0.2, -0.15) is 0 Å². The van der Waals surface area contributed by atoms with Gasteiger partial charge in [-0.25, -0.2) is 0 Å². The van der Waals surface area contributed by atoms with Crippen molar-refractivity contribution in [3.8, 4) is 0 Å². The van der Waals surface area contributed by atoms with Gasteiger partial charge in [0.2, 0.25) is 0 Å². The van der Waals surface area contributed by atoms with Gasteiger partial charge >= 0.3 is 0 Å². The van der Waals surface area contributed by atoms with Crippen LogP contribution in [0, 0.1) is 0 Å². The van der Waals surface area contributed by atoms with E-state index >= 15 is 0 Å². The predicted octanol–water partition coefficient (Wildman–Crippen LogP) is 3.19. The Morgan fingerprint density at radius 1 is 1.31 bits per heavy atom. The third-order valence-corrected chi connectivity index (χ3v) is 4.03. The number of amides is 1. The van der Waals surface area contributed by atoms with E-state index in [0.29, 0.717) is 5.33 Å². The molecular formula is C12H18BrNOSi. The molecule has 1 amide bonds. The standard InChI is InChI=1S/C12H18BrNOSi/c1-16(2,3)9-14-12(15)11-7-5-4-6-10(11)8-13/h4-7H,8-9H2,1-3H3,(H,14,15). The van der Waals surface area contributed by atoms with Crippen LogP contribution < -0.4 is 5.32 Å². The molecule has 0 spiro atoms. The van der Waals surface area contributed by atoms with Crippen LogP contribution in [-0.4, -0.2) is 20.1 Å². The molecule has 0 fully saturated rings. The van der Waals surface area contributed by atoms with Crippen LogP contribution in [0.2, 0.25) is 19.6 Å². The molecule has 0 saturated heterocycles. The summed E-state index contributed by atoms with van der Waals surface area (Å²) >= 11 is 3.40. The van der Waals surface area contributed by atoms with Crippen molar-refractivity contribution in [3.05, 3.63) is 35.4 Å². The van der Waals surface area contributed by atoms with E-state index in [4.69, 9.17) is 0 Å². The van der Waals surface area contributed by atoms with E-state index in [1.807, 2.05) is 24.3 Å². The van der Waals surface area contributed by atoms with Gasteiger partial charge in [0.25, 0.3) is 5.91 Å². The van der Waals surface area contributed by atoms with Crippen molar-refractivity contribution in [1.82, 2.24) is 5.32 Å². The Kier molecular flexibility index (Phi) is 4.74. The van der Waals surface area contributed by atoms with Gasteiger partial charge in [-0.1, -0.05) is 53.8 Å². The van der Waals surface area contributed by atoms with Crippen LogP contribution >= 0.6 is 15.9 Å². The molecule has 1 N–H and O–H groups in total. The minimum absolute atomic E-state index is 0.0393. The van der Waals surface area contributed by atoms with Crippen LogP contribution in [0.25, 0.3) is 0 Å². The van der Waals surface area contributed by atoms with Gasteiger partial charge in [0.05, 0.1) is 8.07 Å². The van der Waals surface area contributed by atoms with Crippen LogP contribution in [0.5, 0.6) is 0 Å². The number of carbonyl (C=O) groups is 1. The van der Waals surface area contributed by atoms with Crippen molar-refractivity contribution in [2.24, 2.45) is 0 Å². The van der Waals surface area contributed by atoms with E-state index in [-0.39, 0.29) is 5.91 Å². The first-order valence-electron chi connectivity index (χ1n) is 5.36.